The van der Waals surface area contributed by atoms with E-state index >= 15 is 0 Å². The van der Waals surface area contributed by atoms with Crippen molar-refractivity contribution in [3.05, 3.63) is 47.2 Å². The first-order chi connectivity index (χ1) is 9.61. The minimum absolute atomic E-state index is 0.219. The molecule has 6 heteroatoms. The summed E-state index contributed by atoms with van der Waals surface area (Å²) < 4.78 is 4.98. The van der Waals surface area contributed by atoms with Crippen LogP contribution in [-0.4, -0.2) is 28.0 Å². The maximum atomic E-state index is 12.1. The third kappa shape index (κ3) is 3.09. The van der Waals surface area contributed by atoms with E-state index in [2.05, 4.69) is 20.3 Å². The van der Waals surface area contributed by atoms with E-state index < -0.39 is 0 Å². The molecule has 0 saturated carbocycles. The van der Waals surface area contributed by atoms with Gasteiger partial charge in [0, 0.05) is 30.1 Å². The summed E-state index contributed by atoms with van der Waals surface area (Å²) in [5, 5.41) is 2.81. The first kappa shape index (κ1) is 13.9. The van der Waals surface area contributed by atoms with Crippen molar-refractivity contribution >= 4 is 5.91 Å². The molecule has 1 N–H and O–H groups in total. The van der Waals surface area contributed by atoms with Crippen LogP contribution >= 0.6 is 0 Å². The van der Waals surface area contributed by atoms with Crippen LogP contribution in [0.25, 0.3) is 0 Å². The van der Waals surface area contributed by atoms with Gasteiger partial charge in [-0.15, -0.1) is 0 Å². The standard InChI is InChI=1S/C14H16N4O2/c1-9-10(2)17-8-18-13(9)14(19)16-7-11-4-5-12(20-3)15-6-11/h4-6,8H,7H2,1-3H3,(H,16,19). The molecule has 6 nitrogen and oxygen atoms in total. The van der Waals surface area contributed by atoms with Crippen molar-refractivity contribution in [1.82, 2.24) is 20.3 Å². The maximum absolute atomic E-state index is 12.1. The van der Waals surface area contributed by atoms with E-state index in [1.807, 2.05) is 19.9 Å². The fourth-order valence-corrected chi connectivity index (χ4v) is 1.67. The predicted molar refractivity (Wildman–Crippen MR) is 73.5 cm³/mol. The van der Waals surface area contributed by atoms with Crippen LogP contribution in [0.2, 0.25) is 0 Å². The van der Waals surface area contributed by atoms with Gasteiger partial charge in [-0.25, -0.2) is 15.0 Å². The van der Waals surface area contributed by atoms with E-state index in [4.69, 9.17) is 4.74 Å². The molecule has 2 aromatic rings. The lowest BCUT2D eigenvalue weighted by atomic mass is 10.2. The Balaban J connectivity index is 2.02. The molecular weight excluding hydrogens is 256 g/mol. The third-order valence-corrected chi connectivity index (χ3v) is 3.01. The molecule has 0 spiro atoms. The monoisotopic (exact) mass is 272 g/mol. The second-order valence-electron chi connectivity index (χ2n) is 4.32. The molecule has 2 aromatic heterocycles. The minimum atomic E-state index is -0.219. The molecule has 0 bridgehead atoms. The minimum Gasteiger partial charge on any atom is -0.481 e. The first-order valence-electron chi connectivity index (χ1n) is 6.17. The zero-order valence-corrected chi connectivity index (χ0v) is 11.7. The van der Waals surface area contributed by atoms with E-state index in [-0.39, 0.29) is 5.91 Å². The van der Waals surface area contributed by atoms with Gasteiger partial charge >= 0.3 is 0 Å². The van der Waals surface area contributed by atoms with Crippen molar-refractivity contribution in [2.75, 3.05) is 7.11 Å². The Hall–Kier alpha value is -2.50. The Bertz CT molecular complexity index is 611. The molecule has 0 aliphatic rings. The number of carbonyl (C=O) groups is 1. The summed E-state index contributed by atoms with van der Waals surface area (Å²) >= 11 is 0. The van der Waals surface area contributed by atoms with Gasteiger partial charge in [-0.3, -0.25) is 4.79 Å². The van der Waals surface area contributed by atoms with Crippen LogP contribution in [0.15, 0.2) is 24.7 Å². The molecule has 0 unspecified atom stereocenters. The van der Waals surface area contributed by atoms with Crippen LogP contribution in [0.1, 0.15) is 27.3 Å². The Kier molecular flexibility index (Phi) is 4.24. The number of nitrogens with zero attached hydrogens (tertiary/aromatic N) is 3. The fourth-order valence-electron chi connectivity index (χ4n) is 1.67. The number of ether oxygens (including phenoxy) is 1. The number of aromatic nitrogens is 3. The molecule has 104 valence electrons. The second-order valence-corrected chi connectivity index (χ2v) is 4.32. The lowest BCUT2D eigenvalue weighted by molar-refractivity contribution is 0.0945. The Labute approximate surface area is 117 Å². The van der Waals surface area contributed by atoms with Gasteiger partial charge in [0.05, 0.1) is 7.11 Å². The van der Waals surface area contributed by atoms with E-state index in [9.17, 15) is 4.79 Å². The van der Waals surface area contributed by atoms with Crippen LogP contribution in [0.4, 0.5) is 0 Å². The van der Waals surface area contributed by atoms with Gasteiger partial charge in [-0.1, -0.05) is 6.07 Å². The summed E-state index contributed by atoms with van der Waals surface area (Å²) in [7, 11) is 1.56. The number of hydrogen-bond acceptors (Lipinski definition) is 5. The third-order valence-electron chi connectivity index (χ3n) is 3.01. The van der Waals surface area contributed by atoms with Crippen LogP contribution in [-0.2, 0) is 6.54 Å². The highest BCUT2D eigenvalue weighted by atomic mass is 16.5. The molecule has 0 aliphatic carbocycles. The van der Waals surface area contributed by atoms with Crippen LogP contribution in [0.3, 0.4) is 0 Å². The van der Waals surface area contributed by atoms with Gasteiger partial charge in [-0.05, 0) is 19.4 Å². The van der Waals surface area contributed by atoms with Gasteiger partial charge in [0.15, 0.2) is 0 Å². The molecule has 1 amide bonds. The Morgan fingerprint density at radius 1 is 1.25 bits per heavy atom. The SMILES string of the molecule is COc1ccc(CNC(=O)c2ncnc(C)c2C)cn1. The number of methoxy groups -OCH3 is 1. The van der Waals surface area contributed by atoms with E-state index in [1.54, 1.807) is 19.4 Å². The average Bonchev–Trinajstić information content (AvgIpc) is 2.48. The highest BCUT2D eigenvalue weighted by Crippen LogP contribution is 2.09. The Morgan fingerprint density at radius 3 is 2.70 bits per heavy atom. The lowest BCUT2D eigenvalue weighted by Crippen LogP contribution is -2.25. The van der Waals surface area contributed by atoms with Gasteiger partial charge in [0.25, 0.3) is 5.91 Å². The summed E-state index contributed by atoms with van der Waals surface area (Å²) in [5.41, 5.74) is 2.88. The summed E-state index contributed by atoms with van der Waals surface area (Å²) in [6.45, 7) is 4.07. The maximum Gasteiger partial charge on any atom is 0.270 e. The van der Waals surface area contributed by atoms with Crippen LogP contribution in [0.5, 0.6) is 5.88 Å². The molecule has 0 saturated heterocycles. The first-order valence-corrected chi connectivity index (χ1v) is 6.17. The number of pyridine rings is 1. The number of hydrogen-bond donors (Lipinski definition) is 1. The fraction of sp³-hybridized carbons (Fsp3) is 0.286. The van der Waals surface area contributed by atoms with E-state index in [0.717, 1.165) is 16.8 Å². The van der Waals surface area contributed by atoms with Crippen molar-refractivity contribution in [3.63, 3.8) is 0 Å². The average molecular weight is 272 g/mol. The quantitative estimate of drug-likeness (QED) is 0.911. The van der Waals surface area contributed by atoms with Gasteiger partial charge < -0.3 is 10.1 Å². The van der Waals surface area contributed by atoms with Crippen molar-refractivity contribution in [1.29, 1.82) is 0 Å². The van der Waals surface area contributed by atoms with Crippen LogP contribution < -0.4 is 10.1 Å². The molecule has 2 rings (SSSR count). The van der Waals surface area contributed by atoms with Crippen molar-refractivity contribution in [3.8, 4) is 5.88 Å². The summed E-state index contributed by atoms with van der Waals surface area (Å²) in [6.07, 6.45) is 3.06. The second kappa shape index (κ2) is 6.10. The number of rotatable bonds is 4. The highest BCUT2D eigenvalue weighted by Gasteiger charge is 2.12. The van der Waals surface area contributed by atoms with Gasteiger partial charge in [-0.2, -0.15) is 0 Å². The van der Waals surface area contributed by atoms with Crippen molar-refractivity contribution < 1.29 is 9.53 Å². The zero-order valence-electron chi connectivity index (χ0n) is 11.7. The molecule has 0 radical (unpaired) electrons. The highest BCUT2D eigenvalue weighted by molar-refractivity contribution is 5.93. The van der Waals surface area contributed by atoms with Crippen LogP contribution in [0, 0.1) is 13.8 Å². The molecular formula is C14H16N4O2. The molecule has 2 heterocycles. The number of carbonyl (C=O) groups excluding carboxylic acids is 1. The number of nitrogens with one attached hydrogen (secondary N) is 1. The molecule has 0 aliphatic heterocycles. The number of amides is 1. The topological polar surface area (TPSA) is 77.0 Å². The lowest BCUT2D eigenvalue weighted by Gasteiger charge is -2.08. The summed E-state index contributed by atoms with van der Waals surface area (Å²) in [6, 6.07) is 3.60. The Morgan fingerprint density at radius 2 is 2.05 bits per heavy atom. The van der Waals surface area contributed by atoms with E-state index in [1.165, 1.54) is 6.33 Å². The molecule has 0 atom stereocenters. The van der Waals surface area contributed by atoms with Gasteiger partial charge in [0.1, 0.15) is 12.0 Å². The zero-order chi connectivity index (χ0) is 14.5. The number of aryl methyl sites for hydroxylation is 1. The van der Waals surface area contributed by atoms with Gasteiger partial charge in [0.2, 0.25) is 5.88 Å². The summed E-state index contributed by atoms with van der Waals surface area (Å²) in [5.74, 6) is 0.325. The largest absolute Gasteiger partial charge is 0.481 e. The normalized spacial score (nSPS) is 10.2. The predicted octanol–water partition coefficient (Wildman–Crippen LogP) is 1.43. The van der Waals surface area contributed by atoms with Crippen molar-refractivity contribution in [2.24, 2.45) is 0 Å². The molecule has 0 aromatic carbocycles. The van der Waals surface area contributed by atoms with Crippen molar-refractivity contribution in [2.45, 2.75) is 20.4 Å². The molecule has 0 fully saturated rings. The van der Waals surface area contributed by atoms with E-state index in [0.29, 0.717) is 18.1 Å². The smallest absolute Gasteiger partial charge is 0.270 e. The summed E-state index contributed by atoms with van der Waals surface area (Å²) in [4.78, 5) is 24.2. The molecule has 20 heavy (non-hydrogen) atoms.